The molecule has 3 N–H and O–H groups in total. The van der Waals surface area contributed by atoms with Crippen molar-refractivity contribution in [2.75, 3.05) is 11.9 Å². The minimum Gasteiger partial charge on any atom is -0.361 e. The van der Waals surface area contributed by atoms with Gasteiger partial charge in [0.15, 0.2) is 0 Å². The summed E-state index contributed by atoms with van der Waals surface area (Å²) in [5, 5.41) is 9.71. The fourth-order valence-corrected chi connectivity index (χ4v) is 4.24. The molecule has 4 rings (SSSR count). The lowest BCUT2D eigenvalue weighted by atomic mass is 9.96. The number of para-hydroxylation sites is 2. The van der Waals surface area contributed by atoms with E-state index in [0.717, 1.165) is 11.2 Å². The van der Waals surface area contributed by atoms with Gasteiger partial charge in [0.2, 0.25) is 5.91 Å². The number of rotatable bonds is 7. The maximum absolute atomic E-state index is 12.5. The smallest absolute Gasteiger partial charge is 0.241 e. The van der Waals surface area contributed by atoms with Gasteiger partial charge in [-0.05, 0) is 42.1 Å². The third kappa shape index (κ3) is 4.01. The minimum atomic E-state index is -0.298. The molecule has 142 valence electrons. The third-order valence-electron chi connectivity index (χ3n) is 4.95. The number of amides is 1. The second-order valence-corrected chi connectivity index (χ2v) is 7.82. The van der Waals surface area contributed by atoms with Crippen molar-refractivity contribution in [3.8, 4) is 0 Å². The Balaban J connectivity index is 1.50. The van der Waals surface area contributed by atoms with Crippen LogP contribution < -0.4 is 10.6 Å². The van der Waals surface area contributed by atoms with Crippen LogP contribution in [0.25, 0.3) is 10.9 Å². The van der Waals surface area contributed by atoms with Crippen molar-refractivity contribution in [2.45, 2.75) is 18.9 Å². The molecule has 0 aliphatic rings. The minimum absolute atomic E-state index is 0.0324. The molecular weight excluding hydrogens is 366 g/mol. The van der Waals surface area contributed by atoms with Gasteiger partial charge in [-0.2, -0.15) is 0 Å². The molecule has 0 radical (unpaired) electrons. The second kappa shape index (κ2) is 8.42. The fourth-order valence-electron chi connectivity index (χ4n) is 3.39. The Hall–Kier alpha value is -2.89. The zero-order valence-corrected chi connectivity index (χ0v) is 16.5. The summed E-state index contributed by atoms with van der Waals surface area (Å²) in [4.78, 5) is 17.2. The van der Waals surface area contributed by atoms with Crippen LogP contribution in [-0.4, -0.2) is 23.5 Å². The second-order valence-electron chi connectivity index (χ2n) is 6.84. The van der Waals surface area contributed by atoms with Gasteiger partial charge in [0.25, 0.3) is 0 Å². The van der Waals surface area contributed by atoms with E-state index >= 15 is 0 Å². The average molecular weight is 390 g/mol. The number of carbonyl (C=O) groups is 1. The first-order valence-corrected chi connectivity index (χ1v) is 10.3. The summed E-state index contributed by atoms with van der Waals surface area (Å²) < 4.78 is 0. The molecule has 4 nitrogen and oxygen atoms in total. The lowest BCUT2D eigenvalue weighted by Crippen LogP contribution is -2.40. The maximum atomic E-state index is 12.5. The Bertz CT molecular complexity index is 1040. The molecule has 2 aromatic carbocycles. The first-order valence-electron chi connectivity index (χ1n) is 9.41. The summed E-state index contributed by atoms with van der Waals surface area (Å²) in [5.74, 6) is 0.151. The standard InChI is InChI=1S/C23H23N3OS/c1-16(23(27)26-17-8-3-2-4-9-17)24-15-20(22-12-7-13-28-22)19-14-25-21-11-6-5-10-18(19)21/h2-14,16,20,24-25H,15H2,1H3,(H,26,27)/t16-,20+/m1/s1. The van der Waals surface area contributed by atoms with E-state index in [1.165, 1.54) is 15.8 Å². The Morgan fingerprint density at radius 1 is 1.04 bits per heavy atom. The van der Waals surface area contributed by atoms with Crippen molar-refractivity contribution < 1.29 is 4.79 Å². The molecule has 0 aliphatic carbocycles. The van der Waals surface area contributed by atoms with Crippen LogP contribution >= 0.6 is 11.3 Å². The number of carbonyl (C=O) groups excluding carboxylic acids is 1. The van der Waals surface area contributed by atoms with Crippen molar-refractivity contribution in [3.05, 3.63) is 88.7 Å². The molecule has 2 aromatic heterocycles. The molecule has 28 heavy (non-hydrogen) atoms. The molecule has 0 spiro atoms. The summed E-state index contributed by atoms with van der Waals surface area (Å²) in [6.07, 6.45) is 2.09. The third-order valence-corrected chi connectivity index (χ3v) is 5.93. The van der Waals surface area contributed by atoms with Gasteiger partial charge in [0.05, 0.1) is 6.04 Å². The maximum Gasteiger partial charge on any atom is 0.241 e. The molecule has 0 saturated heterocycles. The van der Waals surface area contributed by atoms with Crippen molar-refractivity contribution in [1.82, 2.24) is 10.3 Å². The van der Waals surface area contributed by atoms with E-state index in [1.54, 1.807) is 11.3 Å². The van der Waals surface area contributed by atoms with Crippen molar-refractivity contribution in [3.63, 3.8) is 0 Å². The number of H-pyrrole nitrogens is 1. The largest absolute Gasteiger partial charge is 0.361 e. The van der Waals surface area contributed by atoms with Crippen LogP contribution in [0.5, 0.6) is 0 Å². The zero-order valence-electron chi connectivity index (χ0n) is 15.7. The molecule has 0 fully saturated rings. The highest BCUT2D eigenvalue weighted by Crippen LogP contribution is 2.32. The Kier molecular flexibility index (Phi) is 5.55. The molecular formula is C23H23N3OS. The van der Waals surface area contributed by atoms with Crippen LogP contribution in [0.2, 0.25) is 0 Å². The Morgan fingerprint density at radius 2 is 1.82 bits per heavy atom. The van der Waals surface area contributed by atoms with Gasteiger partial charge in [-0.25, -0.2) is 0 Å². The predicted molar refractivity (Wildman–Crippen MR) is 117 cm³/mol. The quantitative estimate of drug-likeness (QED) is 0.418. The van der Waals surface area contributed by atoms with E-state index < -0.39 is 0 Å². The van der Waals surface area contributed by atoms with E-state index in [2.05, 4.69) is 57.5 Å². The van der Waals surface area contributed by atoms with Crippen LogP contribution in [0.15, 0.2) is 78.3 Å². The van der Waals surface area contributed by atoms with Gasteiger partial charge in [-0.1, -0.05) is 42.5 Å². The van der Waals surface area contributed by atoms with Crippen LogP contribution in [0.3, 0.4) is 0 Å². The first kappa shape index (κ1) is 18.5. The number of benzene rings is 2. The Morgan fingerprint density at radius 3 is 2.61 bits per heavy atom. The van der Waals surface area contributed by atoms with Crippen LogP contribution in [-0.2, 0) is 4.79 Å². The van der Waals surface area contributed by atoms with E-state index in [4.69, 9.17) is 0 Å². The van der Waals surface area contributed by atoms with Crippen LogP contribution in [0, 0.1) is 0 Å². The van der Waals surface area contributed by atoms with Gasteiger partial charge in [-0.15, -0.1) is 11.3 Å². The summed E-state index contributed by atoms with van der Waals surface area (Å²) in [7, 11) is 0. The SMILES string of the molecule is C[C@@H](NC[C@H](c1cccs1)c1c[nH]c2ccccc12)C(=O)Nc1ccccc1. The first-order chi connectivity index (χ1) is 13.7. The van der Waals surface area contributed by atoms with Gasteiger partial charge in [0, 0.05) is 40.1 Å². The average Bonchev–Trinajstić information content (AvgIpc) is 3.40. The lowest BCUT2D eigenvalue weighted by molar-refractivity contribution is -0.117. The molecule has 2 atom stereocenters. The number of nitrogens with one attached hydrogen (secondary N) is 3. The lowest BCUT2D eigenvalue weighted by Gasteiger charge is -2.20. The molecule has 1 amide bonds. The van der Waals surface area contributed by atoms with E-state index in [-0.39, 0.29) is 17.9 Å². The number of aromatic nitrogens is 1. The van der Waals surface area contributed by atoms with Gasteiger partial charge < -0.3 is 15.6 Å². The number of hydrogen-bond acceptors (Lipinski definition) is 3. The normalized spacial score (nSPS) is 13.3. The van der Waals surface area contributed by atoms with Gasteiger partial charge in [0.1, 0.15) is 0 Å². The molecule has 5 heteroatoms. The van der Waals surface area contributed by atoms with Crippen molar-refractivity contribution in [2.24, 2.45) is 0 Å². The molecule has 4 aromatic rings. The summed E-state index contributed by atoms with van der Waals surface area (Å²) in [6.45, 7) is 2.59. The topological polar surface area (TPSA) is 56.9 Å². The number of anilines is 1. The number of aromatic amines is 1. The highest BCUT2D eigenvalue weighted by molar-refractivity contribution is 7.10. The van der Waals surface area contributed by atoms with Gasteiger partial charge in [-0.3, -0.25) is 4.79 Å². The molecule has 2 heterocycles. The van der Waals surface area contributed by atoms with Gasteiger partial charge >= 0.3 is 0 Å². The van der Waals surface area contributed by atoms with Crippen molar-refractivity contribution in [1.29, 1.82) is 0 Å². The Labute approximate surface area is 168 Å². The molecule has 0 unspecified atom stereocenters. The number of thiophene rings is 1. The fraction of sp³-hybridized carbons (Fsp3) is 0.174. The molecule has 0 bridgehead atoms. The van der Waals surface area contributed by atoms with E-state index in [1.807, 2.05) is 43.3 Å². The van der Waals surface area contributed by atoms with E-state index in [0.29, 0.717) is 6.54 Å². The van der Waals surface area contributed by atoms with Crippen molar-refractivity contribution >= 4 is 33.8 Å². The zero-order chi connectivity index (χ0) is 19.3. The van der Waals surface area contributed by atoms with E-state index in [9.17, 15) is 4.79 Å². The van der Waals surface area contributed by atoms with Crippen LogP contribution in [0.1, 0.15) is 23.3 Å². The summed E-state index contributed by atoms with van der Waals surface area (Å²) in [5.41, 5.74) is 3.20. The number of hydrogen-bond donors (Lipinski definition) is 3. The highest BCUT2D eigenvalue weighted by atomic mass is 32.1. The molecule has 0 saturated carbocycles. The summed E-state index contributed by atoms with van der Waals surface area (Å²) in [6, 6.07) is 21.8. The summed E-state index contributed by atoms with van der Waals surface area (Å²) >= 11 is 1.75. The molecule has 0 aliphatic heterocycles. The highest BCUT2D eigenvalue weighted by Gasteiger charge is 2.21. The van der Waals surface area contributed by atoms with Crippen LogP contribution in [0.4, 0.5) is 5.69 Å². The predicted octanol–water partition coefficient (Wildman–Crippen LogP) is 4.98. The monoisotopic (exact) mass is 389 g/mol. The number of fused-ring (bicyclic) bond motifs is 1.